The number of aromatic nitrogens is 1. The Hall–Kier alpha value is -4.19. The number of fused-ring (bicyclic) bond motifs is 1. The van der Waals surface area contributed by atoms with E-state index < -0.39 is 5.97 Å². The summed E-state index contributed by atoms with van der Waals surface area (Å²) in [6.07, 6.45) is 0. The largest absolute Gasteiger partial charge is 0.507 e. The Bertz CT molecular complexity index is 1170. The molecule has 0 spiro atoms. The van der Waals surface area contributed by atoms with Crippen LogP contribution in [0.4, 0.5) is 0 Å². The molecule has 0 amide bonds. The molecular formula is C23H17NO5. The predicted octanol–water partition coefficient (Wildman–Crippen LogP) is 4.26. The number of pyridine rings is 1. The van der Waals surface area contributed by atoms with Crippen molar-refractivity contribution in [2.45, 2.75) is 0 Å². The van der Waals surface area contributed by atoms with Crippen molar-refractivity contribution < 1.29 is 24.9 Å². The van der Waals surface area contributed by atoms with Crippen molar-refractivity contribution in [1.82, 2.24) is 4.98 Å². The van der Waals surface area contributed by atoms with Crippen molar-refractivity contribution in [3.8, 4) is 11.5 Å². The van der Waals surface area contributed by atoms with Gasteiger partial charge in [-0.3, -0.25) is 4.79 Å². The number of aromatic hydroxyl groups is 2. The second-order valence-corrected chi connectivity index (χ2v) is 6.06. The molecule has 29 heavy (non-hydrogen) atoms. The highest BCUT2D eigenvalue weighted by molar-refractivity contribution is 6.08. The number of rotatable bonds is 3. The fraction of sp³-hybridized carbons (Fsp3) is 0. The molecule has 6 heteroatoms. The first kappa shape index (κ1) is 19.6. The van der Waals surface area contributed by atoms with Gasteiger partial charge in [0.1, 0.15) is 28.3 Å². The Morgan fingerprint density at radius 2 is 1.34 bits per heavy atom. The van der Waals surface area contributed by atoms with Crippen molar-refractivity contribution in [3.05, 3.63) is 102 Å². The van der Waals surface area contributed by atoms with Gasteiger partial charge in [-0.1, -0.05) is 60.7 Å². The van der Waals surface area contributed by atoms with E-state index in [-0.39, 0.29) is 22.8 Å². The van der Waals surface area contributed by atoms with E-state index in [4.69, 9.17) is 10.2 Å². The van der Waals surface area contributed by atoms with E-state index in [1.54, 1.807) is 48.5 Å². The lowest BCUT2D eigenvalue weighted by Gasteiger charge is -2.04. The molecule has 4 aromatic rings. The van der Waals surface area contributed by atoms with Gasteiger partial charge in [0.2, 0.25) is 5.78 Å². The van der Waals surface area contributed by atoms with Crippen molar-refractivity contribution in [3.63, 3.8) is 0 Å². The molecule has 0 unspecified atom stereocenters. The minimum absolute atomic E-state index is 0.0671. The molecule has 0 atom stereocenters. The summed E-state index contributed by atoms with van der Waals surface area (Å²) in [5, 5.41) is 27.9. The van der Waals surface area contributed by atoms with E-state index in [1.807, 2.05) is 24.3 Å². The van der Waals surface area contributed by atoms with Crippen LogP contribution in [0.3, 0.4) is 0 Å². The molecule has 0 aliphatic rings. The molecule has 0 saturated carbocycles. The van der Waals surface area contributed by atoms with E-state index in [0.717, 1.165) is 5.39 Å². The van der Waals surface area contributed by atoms with E-state index >= 15 is 0 Å². The average molecular weight is 387 g/mol. The van der Waals surface area contributed by atoms with Crippen LogP contribution in [0.5, 0.6) is 11.5 Å². The quantitative estimate of drug-likeness (QED) is 0.453. The molecule has 0 radical (unpaired) electrons. The highest BCUT2D eigenvalue weighted by Gasteiger charge is 2.11. The molecule has 4 rings (SSSR count). The maximum atomic E-state index is 12.3. The number of carboxylic acid groups (broad SMARTS) is 1. The van der Waals surface area contributed by atoms with E-state index in [2.05, 4.69) is 4.98 Å². The lowest BCUT2D eigenvalue weighted by Crippen LogP contribution is -2.03. The highest BCUT2D eigenvalue weighted by Crippen LogP contribution is 2.23. The molecule has 1 aromatic heterocycles. The van der Waals surface area contributed by atoms with Gasteiger partial charge in [-0.2, -0.15) is 0 Å². The zero-order valence-electron chi connectivity index (χ0n) is 15.2. The molecule has 3 aromatic carbocycles. The Labute approximate surface area is 166 Å². The van der Waals surface area contributed by atoms with Crippen molar-refractivity contribution >= 4 is 22.7 Å². The van der Waals surface area contributed by atoms with Crippen LogP contribution in [0.1, 0.15) is 26.4 Å². The van der Waals surface area contributed by atoms with Crippen LogP contribution in [0, 0.1) is 0 Å². The Kier molecular flexibility index (Phi) is 5.85. The number of carbonyl (C=O) groups excluding carboxylic acids is 1. The summed E-state index contributed by atoms with van der Waals surface area (Å²) in [5.74, 6) is -1.38. The maximum absolute atomic E-state index is 12.3. The van der Waals surface area contributed by atoms with Gasteiger partial charge in [-0.05, 0) is 24.3 Å². The van der Waals surface area contributed by atoms with Gasteiger partial charge in [0.25, 0.3) is 0 Å². The van der Waals surface area contributed by atoms with Gasteiger partial charge in [0, 0.05) is 10.9 Å². The summed E-state index contributed by atoms with van der Waals surface area (Å²) < 4.78 is 0. The van der Waals surface area contributed by atoms with Crippen molar-refractivity contribution in [2.75, 3.05) is 0 Å². The van der Waals surface area contributed by atoms with Crippen LogP contribution in [0.25, 0.3) is 10.9 Å². The lowest BCUT2D eigenvalue weighted by molar-refractivity contribution is 0.0693. The second-order valence-electron chi connectivity index (χ2n) is 6.06. The molecule has 6 nitrogen and oxygen atoms in total. The van der Waals surface area contributed by atoms with E-state index in [9.17, 15) is 14.7 Å². The Balaban J connectivity index is 0.000000204. The van der Waals surface area contributed by atoms with Crippen molar-refractivity contribution in [2.24, 2.45) is 0 Å². The standard InChI is InChI=1S/C16H11NO2.C7H6O3/c18-14-8-4-7-11-9-10-13(17-15(11)14)16(19)12-5-2-1-3-6-12;8-6-4-2-1-3-5(6)7(9)10/h1-10,18H;1-4,8H,(H,9,10). The van der Waals surface area contributed by atoms with Crippen LogP contribution >= 0.6 is 0 Å². The molecular weight excluding hydrogens is 370 g/mol. The fourth-order valence-corrected chi connectivity index (χ4v) is 2.65. The zero-order chi connectivity index (χ0) is 20.8. The summed E-state index contributed by atoms with van der Waals surface area (Å²) in [6.45, 7) is 0. The Morgan fingerprint density at radius 1 is 0.690 bits per heavy atom. The van der Waals surface area contributed by atoms with Crippen molar-refractivity contribution in [1.29, 1.82) is 0 Å². The van der Waals surface area contributed by atoms with Gasteiger partial charge in [-0.25, -0.2) is 9.78 Å². The summed E-state index contributed by atoms with van der Waals surface area (Å²) in [4.78, 5) is 26.8. The van der Waals surface area contributed by atoms with Crippen LogP contribution in [-0.2, 0) is 0 Å². The second kappa shape index (κ2) is 8.67. The first-order valence-electron chi connectivity index (χ1n) is 8.67. The van der Waals surface area contributed by atoms with Crippen LogP contribution in [0.15, 0.2) is 84.9 Å². The lowest BCUT2D eigenvalue weighted by atomic mass is 10.1. The molecule has 0 fully saturated rings. The number of carboxylic acids is 1. The van der Waals surface area contributed by atoms with E-state index in [1.165, 1.54) is 12.1 Å². The van der Waals surface area contributed by atoms with Crippen LogP contribution < -0.4 is 0 Å². The predicted molar refractivity (Wildman–Crippen MR) is 108 cm³/mol. The molecule has 0 bridgehead atoms. The fourth-order valence-electron chi connectivity index (χ4n) is 2.65. The van der Waals surface area contributed by atoms with Gasteiger partial charge in [0.15, 0.2) is 0 Å². The number of hydrogen-bond donors (Lipinski definition) is 3. The summed E-state index contributed by atoms with van der Waals surface area (Å²) >= 11 is 0. The first-order valence-corrected chi connectivity index (χ1v) is 8.67. The topological polar surface area (TPSA) is 108 Å². The number of phenols is 2. The smallest absolute Gasteiger partial charge is 0.339 e. The summed E-state index contributed by atoms with van der Waals surface area (Å²) in [7, 11) is 0. The minimum atomic E-state index is -1.11. The normalized spacial score (nSPS) is 10.1. The maximum Gasteiger partial charge on any atom is 0.339 e. The molecule has 0 saturated heterocycles. The van der Waals surface area contributed by atoms with Gasteiger partial charge >= 0.3 is 5.97 Å². The molecule has 1 heterocycles. The highest BCUT2D eigenvalue weighted by atomic mass is 16.4. The first-order chi connectivity index (χ1) is 14.0. The molecule has 0 aliphatic heterocycles. The van der Waals surface area contributed by atoms with E-state index in [0.29, 0.717) is 16.8 Å². The van der Waals surface area contributed by atoms with Crippen LogP contribution in [0.2, 0.25) is 0 Å². The number of aromatic carboxylic acids is 1. The summed E-state index contributed by atoms with van der Waals surface area (Å²) in [5.41, 5.74) is 1.30. The van der Waals surface area contributed by atoms with Gasteiger partial charge in [-0.15, -0.1) is 0 Å². The average Bonchev–Trinajstić information content (AvgIpc) is 2.74. The van der Waals surface area contributed by atoms with Gasteiger partial charge < -0.3 is 15.3 Å². The third kappa shape index (κ3) is 4.56. The molecule has 3 N–H and O–H groups in total. The number of ketones is 1. The number of carbonyl (C=O) groups is 2. The molecule has 0 aliphatic carbocycles. The number of para-hydroxylation sites is 2. The number of hydrogen-bond acceptors (Lipinski definition) is 5. The van der Waals surface area contributed by atoms with Gasteiger partial charge in [0.05, 0.1) is 0 Å². The zero-order valence-corrected chi connectivity index (χ0v) is 15.2. The number of phenolic OH excluding ortho intramolecular Hbond substituents is 1. The van der Waals surface area contributed by atoms with Crippen LogP contribution in [-0.4, -0.2) is 32.1 Å². The number of benzene rings is 3. The third-order valence-electron chi connectivity index (χ3n) is 4.10. The SMILES string of the molecule is O=C(O)c1ccccc1O.O=C(c1ccccc1)c1ccc2cccc(O)c2n1. The third-order valence-corrected chi connectivity index (χ3v) is 4.10. The Morgan fingerprint density at radius 3 is 2.00 bits per heavy atom. The molecule has 144 valence electrons. The number of nitrogens with zero attached hydrogens (tertiary/aromatic N) is 1. The summed E-state index contributed by atoms with van der Waals surface area (Å²) in [6, 6.07) is 23.4. The monoisotopic (exact) mass is 387 g/mol. The minimum Gasteiger partial charge on any atom is -0.507 e.